The Labute approximate surface area is 121 Å². The van der Waals surface area contributed by atoms with Crippen molar-refractivity contribution in [3.05, 3.63) is 17.3 Å². The maximum atomic E-state index is 11.4. The zero-order valence-electron chi connectivity index (χ0n) is 11.6. The Bertz CT molecular complexity index is 640. The summed E-state index contributed by atoms with van der Waals surface area (Å²) in [5, 5.41) is 3.16. The van der Waals surface area contributed by atoms with Gasteiger partial charge in [0.1, 0.15) is 16.5 Å². The van der Waals surface area contributed by atoms with Gasteiger partial charge in [0.2, 0.25) is 0 Å². The largest absolute Gasteiger partial charge is 0.469 e. The van der Waals surface area contributed by atoms with E-state index < -0.39 is 0 Å². The third-order valence-corrected chi connectivity index (χ3v) is 4.49. The predicted molar refractivity (Wildman–Crippen MR) is 79.1 cm³/mol. The van der Waals surface area contributed by atoms with Crippen LogP contribution in [0.3, 0.4) is 0 Å². The van der Waals surface area contributed by atoms with E-state index in [0.29, 0.717) is 12.3 Å². The van der Waals surface area contributed by atoms with Crippen molar-refractivity contribution < 1.29 is 9.53 Å². The molecule has 3 rings (SSSR count). The van der Waals surface area contributed by atoms with E-state index in [4.69, 9.17) is 4.74 Å². The van der Waals surface area contributed by atoms with Crippen molar-refractivity contribution in [2.45, 2.75) is 19.8 Å². The van der Waals surface area contributed by atoms with Crippen LogP contribution in [0.5, 0.6) is 0 Å². The lowest BCUT2D eigenvalue weighted by molar-refractivity contribution is -0.141. The fraction of sp³-hybridized carbons (Fsp3) is 0.500. The normalized spacial score (nSPS) is 18.7. The van der Waals surface area contributed by atoms with Crippen LogP contribution in [0.4, 0.5) is 5.82 Å². The number of methoxy groups -OCH3 is 1. The second-order valence-electron chi connectivity index (χ2n) is 5.11. The lowest BCUT2D eigenvalue weighted by atomic mass is 10.1. The molecule has 0 aromatic carbocycles. The lowest BCUT2D eigenvalue weighted by Crippen LogP contribution is -2.22. The molecule has 0 radical (unpaired) electrons. The van der Waals surface area contributed by atoms with E-state index in [9.17, 15) is 4.79 Å². The first kappa shape index (κ1) is 13.3. The molecule has 1 atom stereocenters. The molecule has 20 heavy (non-hydrogen) atoms. The molecule has 0 unspecified atom stereocenters. The molecule has 3 heterocycles. The van der Waals surface area contributed by atoms with Crippen LogP contribution < -0.4 is 4.90 Å². The monoisotopic (exact) mass is 291 g/mol. The molecular weight excluding hydrogens is 274 g/mol. The molecule has 0 N–H and O–H groups in total. The van der Waals surface area contributed by atoms with Gasteiger partial charge < -0.3 is 9.64 Å². The summed E-state index contributed by atoms with van der Waals surface area (Å²) >= 11 is 1.64. The van der Waals surface area contributed by atoms with E-state index >= 15 is 0 Å². The first-order chi connectivity index (χ1) is 9.67. The van der Waals surface area contributed by atoms with Gasteiger partial charge in [-0.3, -0.25) is 4.79 Å². The van der Waals surface area contributed by atoms with Crippen molar-refractivity contribution in [2.75, 3.05) is 25.1 Å². The van der Waals surface area contributed by atoms with Gasteiger partial charge in [-0.25, -0.2) is 9.97 Å². The number of aryl methyl sites for hydroxylation is 1. The molecule has 5 nitrogen and oxygen atoms in total. The standard InChI is InChI=1S/C14H17N3O2S/c1-9-15-13(11-4-6-20-14(11)16-9)17-5-3-10(8-17)7-12(18)19-2/h4,6,10H,3,5,7-8H2,1-2H3/t10-/m1/s1. The molecule has 0 amide bonds. The predicted octanol–water partition coefficient (Wildman–Crippen LogP) is 2.39. The van der Waals surface area contributed by atoms with Crippen LogP contribution in [0.1, 0.15) is 18.7 Å². The highest BCUT2D eigenvalue weighted by molar-refractivity contribution is 7.16. The van der Waals surface area contributed by atoms with E-state index in [1.807, 2.05) is 12.3 Å². The van der Waals surface area contributed by atoms with E-state index in [-0.39, 0.29) is 5.97 Å². The van der Waals surface area contributed by atoms with E-state index in [1.165, 1.54) is 7.11 Å². The van der Waals surface area contributed by atoms with Gasteiger partial charge in [0.15, 0.2) is 0 Å². The second kappa shape index (κ2) is 5.36. The van der Waals surface area contributed by atoms with Gasteiger partial charge in [0, 0.05) is 13.1 Å². The quantitative estimate of drug-likeness (QED) is 0.813. The van der Waals surface area contributed by atoms with Crippen molar-refractivity contribution in [3.63, 3.8) is 0 Å². The highest BCUT2D eigenvalue weighted by atomic mass is 32.1. The molecule has 0 bridgehead atoms. The van der Waals surface area contributed by atoms with Gasteiger partial charge in [0.25, 0.3) is 0 Å². The number of carbonyl (C=O) groups excluding carboxylic acids is 1. The third-order valence-electron chi connectivity index (χ3n) is 3.69. The summed E-state index contributed by atoms with van der Waals surface area (Å²) in [6, 6.07) is 2.07. The summed E-state index contributed by atoms with van der Waals surface area (Å²) in [6.07, 6.45) is 1.49. The molecule has 1 fully saturated rings. The fourth-order valence-corrected chi connectivity index (χ4v) is 3.50. The average molecular weight is 291 g/mol. The van der Waals surface area contributed by atoms with Crippen LogP contribution in [-0.2, 0) is 9.53 Å². The maximum absolute atomic E-state index is 11.4. The number of esters is 1. The Balaban J connectivity index is 1.82. The van der Waals surface area contributed by atoms with Crippen LogP contribution in [0, 0.1) is 12.8 Å². The molecule has 2 aromatic heterocycles. The number of ether oxygens (including phenoxy) is 1. The van der Waals surface area contributed by atoms with Crippen molar-refractivity contribution >= 4 is 33.3 Å². The number of nitrogens with zero attached hydrogens (tertiary/aromatic N) is 3. The number of thiophene rings is 1. The minimum Gasteiger partial charge on any atom is -0.469 e. The zero-order valence-corrected chi connectivity index (χ0v) is 12.4. The van der Waals surface area contributed by atoms with E-state index in [0.717, 1.165) is 41.4 Å². The summed E-state index contributed by atoms with van der Waals surface area (Å²) in [5.74, 6) is 2.02. The molecule has 2 aromatic rings. The van der Waals surface area contributed by atoms with Crippen molar-refractivity contribution in [2.24, 2.45) is 5.92 Å². The average Bonchev–Trinajstić information content (AvgIpc) is 3.06. The number of aromatic nitrogens is 2. The first-order valence-electron chi connectivity index (χ1n) is 6.71. The van der Waals surface area contributed by atoms with Gasteiger partial charge in [-0.1, -0.05) is 0 Å². The number of carbonyl (C=O) groups is 1. The molecule has 1 aliphatic rings. The van der Waals surface area contributed by atoms with Gasteiger partial charge in [-0.2, -0.15) is 0 Å². The number of fused-ring (bicyclic) bond motifs is 1. The van der Waals surface area contributed by atoms with Crippen LogP contribution in [-0.4, -0.2) is 36.1 Å². The van der Waals surface area contributed by atoms with E-state index in [1.54, 1.807) is 11.3 Å². The van der Waals surface area contributed by atoms with Crippen LogP contribution in [0.25, 0.3) is 10.2 Å². The summed E-state index contributed by atoms with van der Waals surface area (Å²) in [4.78, 5) is 23.7. The Kier molecular flexibility index (Phi) is 3.56. The first-order valence-corrected chi connectivity index (χ1v) is 7.59. The molecule has 0 saturated carbocycles. The van der Waals surface area contributed by atoms with Crippen molar-refractivity contribution in [1.29, 1.82) is 0 Å². The number of hydrogen-bond donors (Lipinski definition) is 0. The van der Waals surface area contributed by atoms with Gasteiger partial charge in [-0.15, -0.1) is 11.3 Å². The van der Waals surface area contributed by atoms with Gasteiger partial charge in [0.05, 0.1) is 18.9 Å². The summed E-state index contributed by atoms with van der Waals surface area (Å²) in [7, 11) is 1.44. The Morgan fingerprint density at radius 3 is 3.20 bits per heavy atom. The highest BCUT2D eigenvalue weighted by Gasteiger charge is 2.27. The number of anilines is 1. The maximum Gasteiger partial charge on any atom is 0.305 e. The van der Waals surface area contributed by atoms with E-state index in [2.05, 4.69) is 20.9 Å². The second-order valence-corrected chi connectivity index (χ2v) is 6.01. The van der Waals surface area contributed by atoms with Crippen LogP contribution in [0.15, 0.2) is 11.4 Å². The van der Waals surface area contributed by atoms with Gasteiger partial charge >= 0.3 is 5.97 Å². The van der Waals surface area contributed by atoms with Crippen LogP contribution in [0.2, 0.25) is 0 Å². The SMILES string of the molecule is COC(=O)C[C@H]1CCN(c2nc(C)nc3sccc23)C1. The smallest absolute Gasteiger partial charge is 0.305 e. The summed E-state index contributed by atoms with van der Waals surface area (Å²) in [5.41, 5.74) is 0. The lowest BCUT2D eigenvalue weighted by Gasteiger charge is -2.18. The van der Waals surface area contributed by atoms with Crippen LogP contribution >= 0.6 is 11.3 Å². The third kappa shape index (κ3) is 2.47. The minimum absolute atomic E-state index is 0.128. The number of rotatable bonds is 3. The molecule has 6 heteroatoms. The molecule has 0 aliphatic carbocycles. The molecule has 0 spiro atoms. The molecule has 1 aliphatic heterocycles. The minimum atomic E-state index is -0.128. The highest BCUT2D eigenvalue weighted by Crippen LogP contribution is 2.32. The molecule has 106 valence electrons. The molecular formula is C14H17N3O2S. The molecule has 1 saturated heterocycles. The fourth-order valence-electron chi connectivity index (χ4n) is 2.70. The number of hydrogen-bond acceptors (Lipinski definition) is 6. The summed E-state index contributed by atoms with van der Waals surface area (Å²) in [6.45, 7) is 3.71. The topological polar surface area (TPSA) is 55.3 Å². The summed E-state index contributed by atoms with van der Waals surface area (Å²) < 4.78 is 4.75. The Morgan fingerprint density at radius 2 is 2.40 bits per heavy atom. The Hall–Kier alpha value is -1.69. The van der Waals surface area contributed by atoms with Crippen molar-refractivity contribution in [1.82, 2.24) is 9.97 Å². The zero-order chi connectivity index (χ0) is 14.1. The van der Waals surface area contributed by atoms with Crippen molar-refractivity contribution in [3.8, 4) is 0 Å². The Morgan fingerprint density at radius 1 is 1.55 bits per heavy atom. The van der Waals surface area contributed by atoms with Gasteiger partial charge in [-0.05, 0) is 30.7 Å².